The summed E-state index contributed by atoms with van der Waals surface area (Å²) in [7, 11) is 0. The number of amides is 1. The number of fused-ring (bicyclic) bond motifs is 1. The van der Waals surface area contributed by atoms with Crippen LogP contribution in [0.4, 0.5) is 5.69 Å². The van der Waals surface area contributed by atoms with Gasteiger partial charge in [0.15, 0.2) is 0 Å². The highest BCUT2D eigenvalue weighted by Gasteiger charge is 2.15. The fourth-order valence-corrected chi connectivity index (χ4v) is 3.56. The van der Waals surface area contributed by atoms with Gasteiger partial charge in [-0.25, -0.2) is 0 Å². The Morgan fingerprint density at radius 1 is 1.11 bits per heavy atom. The molecule has 1 aromatic heterocycles. The van der Waals surface area contributed by atoms with Crippen molar-refractivity contribution < 1.29 is 4.79 Å². The average molecular weight is 372 g/mol. The third kappa shape index (κ3) is 4.21. The van der Waals surface area contributed by atoms with E-state index in [1.165, 1.54) is 11.1 Å². The van der Waals surface area contributed by atoms with Crippen LogP contribution in [0.15, 0.2) is 66.9 Å². The third-order valence-electron chi connectivity index (χ3n) is 5.13. The maximum absolute atomic E-state index is 11.4. The zero-order chi connectivity index (χ0) is 19.3. The van der Waals surface area contributed by atoms with E-state index in [9.17, 15) is 4.79 Å². The zero-order valence-electron chi connectivity index (χ0n) is 15.8. The summed E-state index contributed by atoms with van der Waals surface area (Å²) in [5.41, 5.74) is 11.3. The van der Waals surface area contributed by atoms with Crippen LogP contribution in [0.25, 0.3) is 11.3 Å². The van der Waals surface area contributed by atoms with E-state index < -0.39 is 5.91 Å². The van der Waals surface area contributed by atoms with E-state index in [1.54, 1.807) is 12.1 Å². The molecule has 0 aliphatic carbocycles. The summed E-state index contributed by atoms with van der Waals surface area (Å²) in [6.45, 7) is 3.79. The lowest BCUT2D eigenvalue weighted by atomic mass is 10.1. The zero-order valence-corrected chi connectivity index (χ0v) is 15.8. The molecular weight excluding hydrogens is 348 g/mol. The average Bonchev–Trinajstić information content (AvgIpc) is 2.94. The van der Waals surface area contributed by atoms with Gasteiger partial charge in [0, 0.05) is 54.8 Å². The molecule has 0 saturated heterocycles. The molecule has 0 saturated carbocycles. The Hall–Kier alpha value is -3.18. The Morgan fingerprint density at radius 2 is 1.96 bits per heavy atom. The number of anilines is 1. The van der Waals surface area contributed by atoms with Crippen molar-refractivity contribution in [3.05, 3.63) is 83.6 Å². The summed E-state index contributed by atoms with van der Waals surface area (Å²) in [5, 5.41) is 3.53. The number of pyridine rings is 1. The lowest BCUT2D eigenvalue weighted by Gasteiger charge is -2.19. The van der Waals surface area contributed by atoms with Crippen LogP contribution in [0.2, 0.25) is 0 Å². The highest BCUT2D eigenvalue weighted by Crippen LogP contribution is 2.26. The number of aromatic nitrogens is 1. The first-order valence-electron chi connectivity index (χ1n) is 9.58. The first kappa shape index (κ1) is 18.2. The number of benzene rings is 2. The SMILES string of the molecule is NC(=O)c1cccc(-c2cc3c(cn2)CN(CCc2ccccc2)CCN3)c1. The van der Waals surface area contributed by atoms with Gasteiger partial charge in [0.1, 0.15) is 0 Å². The summed E-state index contributed by atoms with van der Waals surface area (Å²) in [4.78, 5) is 18.5. The largest absolute Gasteiger partial charge is 0.383 e. The van der Waals surface area contributed by atoms with Gasteiger partial charge in [0.2, 0.25) is 5.91 Å². The second kappa shape index (κ2) is 8.23. The molecule has 5 heteroatoms. The summed E-state index contributed by atoms with van der Waals surface area (Å²) >= 11 is 0. The number of rotatable bonds is 5. The van der Waals surface area contributed by atoms with Crippen molar-refractivity contribution >= 4 is 11.6 Å². The van der Waals surface area contributed by atoms with E-state index in [0.29, 0.717) is 5.56 Å². The maximum Gasteiger partial charge on any atom is 0.248 e. The number of primary amides is 1. The van der Waals surface area contributed by atoms with E-state index in [-0.39, 0.29) is 0 Å². The standard InChI is InChI=1S/C23H24N4O/c24-23(28)19-8-4-7-18(13-19)21-14-22-20(15-26-21)16-27(12-10-25-22)11-9-17-5-2-1-3-6-17/h1-8,13-15,25H,9-12,16H2,(H2,24,28). The minimum absolute atomic E-state index is 0.427. The molecule has 2 aromatic carbocycles. The Morgan fingerprint density at radius 3 is 2.79 bits per heavy atom. The molecule has 3 aromatic rings. The monoisotopic (exact) mass is 372 g/mol. The van der Waals surface area contributed by atoms with E-state index in [4.69, 9.17) is 5.73 Å². The van der Waals surface area contributed by atoms with Crippen molar-refractivity contribution in [2.45, 2.75) is 13.0 Å². The molecule has 0 fully saturated rings. The van der Waals surface area contributed by atoms with Crippen LogP contribution < -0.4 is 11.1 Å². The Balaban J connectivity index is 1.50. The number of carbonyl (C=O) groups excluding carboxylic acids is 1. The van der Waals surface area contributed by atoms with Crippen molar-refractivity contribution in [3.63, 3.8) is 0 Å². The molecule has 3 N–H and O–H groups in total. The van der Waals surface area contributed by atoms with Crippen LogP contribution >= 0.6 is 0 Å². The van der Waals surface area contributed by atoms with Crippen LogP contribution in [0.5, 0.6) is 0 Å². The minimum Gasteiger partial charge on any atom is -0.383 e. The lowest BCUT2D eigenvalue weighted by molar-refractivity contribution is 0.100. The predicted molar refractivity (Wildman–Crippen MR) is 112 cm³/mol. The third-order valence-corrected chi connectivity index (χ3v) is 5.13. The van der Waals surface area contributed by atoms with Crippen molar-refractivity contribution in [1.82, 2.24) is 9.88 Å². The molecule has 4 rings (SSSR count). The van der Waals surface area contributed by atoms with Crippen molar-refractivity contribution in [2.75, 3.05) is 25.0 Å². The first-order chi connectivity index (χ1) is 13.7. The molecule has 2 heterocycles. The first-order valence-corrected chi connectivity index (χ1v) is 9.58. The minimum atomic E-state index is -0.427. The molecule has 1 amide bonds. The quantitative estimate of drug-likeness (QED) is 0.721. The van der Waals surface area contributed by atoms with Crippen LogP contribution in [0.3, 0.4) is 0 Å². The van der Waals surface area contributed by atoms with Gasteiger partial charge < -0.3 is 11.1 Å². The van der Waals surface area contributed by atoms with Gasteiger partial charge in [-0.2, -0.15) is 0 Å². The molecule has 0 radical (unpaired) electrons. The summed E-state index contributed by atoms with van der Waals surface area (Å²) in [5.74, 6) is -0.427. The molecule has 0 unspecified atom stereocenters. The smallest absolute Gasteiger partial charge is 0.248 e. The number of nitrogens with one attached hydrogen (secondary N) is 1. The van der Waals surface area contributed by atoms with Gasteiger partial charge in [0.05, 0.1) is 5.69 Å². The Kier molecular flexibility index (Phi) is 5.35. The van der Waals surface area contributed by atoms with E-state index in [2.05, 4.69) is 51.6 Å². The fourth-order valence-electron chi connectivity index (χ4n) is 3.56. The van der Waals surface area contributed by atoms with Gasteiger partial charge in [-0.3, -0.25) is 14.7 Å². The van der Waals surface area contributed by atoms with Crippen LogP contribution in [-0.2, 0) is 13.0 Å². The predicted octanol–water partition coefficient (Wildman–Crippen LogP) is 3.32. The summed E-state index contributed by atoms with van der Waals surface area (Å²) < 4.78 is 0. The molecule has 0 atom stereocenters. The van der Waals surface area contributed by atoms with Gasteiger partial charge in [0.25, 0.3) is 0 Å². The maximum atomic E-state index is 11.4. The summed E-state index contributed by atoms with van der Waals surface area (Å²) in [6.07, 6.45) is 2.98. The molecule has 0 spiro atoms. The van der Waals surface area contributed by atoms with Crippen molar-refractivity contribution in [2.24, 2.45) is 5.73 Å². The van der Waals surface area contributed by atoms with Crippen molar-refractivity contribution in [3.8, 4) is 11.3 Å². The molecule has 5 nitrogen and oxygen atoms in total. The fraction of sp³-hybridized carbons (Fsp3) is 0.217. The number of hydrogen-bond donors (Lipinski definition) is 2. The molecule has 0 bridgehead atoms. The number of hydrogen-bond acceptors (Lipinski definition) is 4. The molecule has 142 valence electrons. The topological polar surface area (TPSA) is 71.2 Å². The van der Waals surface area contributed by atoms with Gasteiger partial charge >= 0.3 is 0 Å². The number of nitrogens with two attached hydrogens (primary N) is 1. The van der Waals surface area contributed by atoms with E-state index >= 15 is 0 Å². The van der Waals surface area contributed by atoms with Crippen LogP contribution in [-0.4, -0.2) is 35.4 Å². The van der Waals surface area contributed by atoms with E-state index in [1.807, 2.05) is 18.3 Å². The number of carbonyl (C=O) groups is 1. The van der Waals surface area contributed by atoms with Gasteiger partial charge in [-0.05, 0) is 30.2 Å². The second-order valence-corrected chi connectivity index (χ2v) is 7.11. The lowest BCUT2D eigenvalue weighted by Crippen LogP contribution is -2.28. The molecule has 1 aliphatic heterocycles. The highest BCUT2D eigenvalue weighted by atomic mass is 16.1. The van der Waals surface area contributed by atoms with Crippen molar-refractivity contribution in [1.29, 1.82) is 0 Å². The normalized spacial score (nSPS) is 14.0. The summed E-state index contributed by atoms with van der Waals surface area (Å²) in [6, 6.07) is 20.0. The second-order valence-electron chi connectivity index (χ2n) is 7.11. The number of nitrogens with zero attached hydrogens (tertiary/aromatic N) is 2. The van der Waals surface area contributed by atoms with Crippen LogP contribution in [0.1, 0.15) is 21.5 Å². The highest BCUT2D eigenvalue weighted by molar-refractivity contribution is 5.94. The Bertz CT molecular complexity index is 971. The van der Waals surface area contributed by atoms with Gasteiger partial charge in [-0.1, -0.05) is 42.5 Å². The molecular formula is C23H24N4O. The molecule has 28 heavy (non-hydrogen) atoms. The molecule has 1 aliphatic rings. The van der Waals surface area contributed by atoms with E-state index in [0.717, 1.165) is 49.5 Å². The Labute approximate surface area is 165 Å². The van der Waals surface area contributed by atoms with Gasteiger partial charge in [-0.15, -0.1) is 0 Å². The van der Waals surface area contributed by atoms with Crippen LogP contribution in [0, 0.1) is 0 Å².